The Morgan fingerprint density at radius 1 is 1.14 bits per heavy atom. The van der Waals surface area contributed by atoms with Crippen molar-refractivity contribution in [2.24, 2.45) is 0 Å². The zero-order chi connectivity index (χ0) is 25.2. The first-order valence-corrected chi connectivity index (χ1v) is 12.5. The van der Waals surface area contributed by atoms with Gasteiger partial charge in [0.25, 0.3) is 5.91 Å². The normalized spacial score (nSPS) is 15.5. The lowest BCUT2D eigenvalue weighted by Crippen LogP contribution is -2.31. The van der Waals surface area contributed by atoms with E-state index < -0.39 is 23.5 Å². The molecule has 1 aliphatic rings. The van der Waals surface area contributed by atoms with Gasteiger partial charge in [0.1, 0.15) is 0 Å². The summed E-state index contributed by atoms with van der Waals surface area (Å²) in [5, 5.41) is 29.5. The van der Waals surface area contributed by atoms with Crippen molar-refractivity contribution < 1.29 is 29.0 Å². The second-order valence-electron chi connectivity index (χ2n) is 7.70. The number of aliphatic hydroxyl groups excluding tert-OH is 1. The molecule has 1 aliphatic heterocycles. The fourth-order valence-corrected chi connectivity index (χ4v) is 5.66. The number of methoxy groups -OCH3 is 1. The Morgan fingerprint density at radius 3 is 2.67 bits per heavy atom. The minimum atomic E-state index is -1.05. The van der Waals surface area contributed by atoms with Crippen molar-refractivity contribution in [3.8, 4) is 11.5 Å². The number of nitrogens with zero attached hydrogens (tertiary/aromatic N) is 3. The lowest BCUT2D eigenvalue weighted by molar-refractivity contribution is -0.117. The van der Waals surface area contributed by atoms with Crippen molar-refractivity contribution in [3.63, 3.8) is 0 Å². The van der Waals surface area contributed by atoms with Gasteiger partial charge >= 0.3 is 0 Å². The van der Waals surface area contributed by atoms with Gasteiger partial charge in [0, 0.05) is 5.75 Å². The van der Waals surface area contributed by atoms with Crippen LogP contribution in [0.15, 0.2) is 87.0 Å². The highest BCUT2D eigenvalue weighted by Crippen LogP contribution is 2.45. The number of rotatable bonds is 8. The summed E-state index contributed by atoms with van der Waals surface area (Å²) in [6.45, 7) is 0. The van der Waals surface area contributed by atoms with Crippen LogP contribution in [0.4, 0.5) is 5.13 Å². The van der Waals surface area contributed by atoms with E-state index in [0.717, 1.165) is 5.56 Å². The quantitative estimate of drug-likeness (QED) is 0.189. The number of furan rings is 1. The number of aromatic hydroxyl groups is 1. The highest BCUT2D eigenvalue weighted by molar-refractivity contribution is 8.00. The number of ether oxygens (including phenoxy) is 1. The molecule has 1 amide bonds. The molecule has 3 heterocycles. The van der Waals surface area contributed by atoms with Crippen LogP contribution >= 0.6 is 23.1 Å². The van der Waals surface area contributed by atoms with Gasteiger partial charge in [-0.3, -0.25) is 14.5 Å². The fourth-order valence-electron chi connectivity index (χ4n) is 3.83. The maximum absolute atomic E-state index is 13.3. The van der Waals surface area contributed by atoms with Gasteiger partial charge in [-0.15, -0.1) is 10.2 Å². The molecular formula is C25H19N3O6S2. The molecule has 0 saturated heterocycles. The van der Waals surface area contributed by atoms with Gasteiger partial charge in [-0.05, 0) is 35.4 Å². The zero-order valence-corrected chi connectivity index (χ0v) is 20.5. The molecule has 2 aromatic carbocycles. The standard InChI is InChI=1S/C25H19N3O6S2/c1-33-18-12-15(9-10-16(18)29)20-19(21(30)17-8-5-11-34-17)22(31)23(32)28(20)24-26-27-25(36-24)35-13-14-6-3-2-4-7-14/h2-12,20,29,31H,13H2,1H3. The molecule has 11 heteroatoms. The van der Waals surface area contributed by atoms with Gasteiger partial charge in [-0.2, -0.15) is 0 Å². The molecule has 9 nitrogen and oxygen atoms in total. The Kier molecular flexibility index (Phi) is 6.49. The van der Waals surface area contributed by atoms with Crippen molar-refractivity contribution in [3.05, 3.63) is 95.1 Å². The van der Waals surface area contributed by atoms with E-state index in [2.05, 4.69) is 10.2 Å². The van der Waals surface area contributed by atoms with Crippen molar-refractivity contribution in [1.82, 2.24) is 10.2 Å². The maximum Gasteiger partial charge on any atom is 0.296 e. The van der Waals surface area contributed by atoms with Crippen molar-refractivity contribution in [1.29, 1.82) is 0 Å². The molecule has 1 atom stereocenters. The molecule has 0 spiro atoms. The summed E-state index contributed by atoms with van der Waals surface area (Å²) >= 11 is 2.63. The van der Waals surface area contributed by atoms with Crippen LogP contribution in [0.5, 0.6) is 11.5 Å². The second-order valence-corrected chi connectivity index (χ2v) is 9.88. The molecule has 0 aliphatic carbocycles. The van der Waals surface area contributed by atoms with Gasteiger partial charge < -0.3 is 19.4 Å². The summed E-state index contributed by atoms with van der Waals surface area (Å²) in [4.78, 5) is 27.8. The average molecular weight is 522 g/mol. The molecule has 0 fully saturated rings. The molecule has 5 rings (SSSR count). The van der Waals surface area contributed by atoms with Crippen LogP contribution in [0.25, 0.3) is 0 Å². The van der Waals surface area contributed by atoms with Crippen molar-refractivity contribution >= 4 is 39.9 Å². The number of ketones is 1. The third-order valence-corrected chi connectivity index (χ3v) is 7.65. The summed E-state index contributed by atoms with van der Waals surface area (Å²) in [5.74, 6) is -1.48. The minimum Gasteiger partial charge on any atom is -0.504 e. The smallest absolute Gasteiger partial charge is 0.296 e. The Balaban J connectivity index is 1.53. The summed E-state index contributed by atoms with van der Waals surface area (Å²) < 4.78 is 11.1. The number of phenolic OH excluding ortho intramolecular Hbond substituents is 1. The third kappa shape index (κ3) is 4.34. The predicted molar refractivity (Wildman–Crippen MR) is 133 cm³/mol. The third-order valence-electron chi connectivity index (χ3n) is 5.52. The number of amides is 1. The number of carbonyl (C=O) groups is 2. The first kappa shape index (κ1) is 23.6. The van der Waals surface area contributed by atoms with Crippen LogP contribution in [-0.4, -0.2) is 39.2 Å². The molecule has 2 aromatic heterocycles. The summed E-state index contributed by atoms with van der Waals surface area (Å²) in [5.41, 5.74) is 1.36. The molecule has 0 saturated carbocycles. The Hall–Kier alpha value is -4.09. The fraction of sp³-hybridized carbons (Fsp3) is 0.120. The zero-order valence-electron chi connectivity index (χ0n) is 18.8. The topological polar surface area (TPSA) is 126 Å². The monoisotopic (exact) mass is 521 g/mol. The largest absolute Gasteiger partial charge is 0.504 e. The Morgan fingerprint density at radius 2 is 1.94 bits per heavy atom. The lowest BCUT2D eigenvalue weighted by Gasteiger charge is -2.24. The SMILES string of the molecule is COc1cc(C2C(C(=O)c3ccco3)=C(O)C(=O)N2c2nnc(SCc3ccccc3)s2)ccc1O. The first-order chi connectivity index (χ1) is 17.5. The number of benzene rings is 2. The van der Waals surface area contributed by atoms with Crippen LogP contribution in [0.3, 0.4) is 0 Å². The molecule has 182 valence electrons. The van der Waals surface area contributed by atoms with E-state index in [1.165, 1.54) is 59.6 Å². The Bertz CT molecular complexity index is 1450. The van der Waals surface area contributed by atoms with Crippen LogP contribution in [0.1, 0.15) is 27.7 Å². The molecule has 4 aromatic rings. The first-order valence-electron chi connectivity index (χ1n) is 10.7. The van der Waals surface area contributed by atoms with Crippen LogP contribution in [0.2, 0.25) is 0 Å². The van der Waals surface area contributed by atoms with E-state index in [1.54, 1.807) is 12.1 Å². The number of carbonyl (C=O) groups excluding carboxylic acids is 2. The van der Waals surface area contributed by atoms with Gasteiger partial charge in [0.2, 0.25) is 10.9 Å². The Labute approximate surface area is 213 Å². The predicted octanol–water partition coefficient (Wildman–Crippen LogP) is 4.92. The molecule has 1 unspecified atom stereocenters. The van der Waals surface area contributed by atoms with Crippen LogP contribution in [-0.2, 0) is 10.5 Å². The van der Waals surface area contributed by atoms with Gasteiger partial charge in [0.05, 0.1) is 25.0 Å². The number of anilines is 1. The van der Waals surface area contributed by atoms with E-state index in [-0.39, 0.29) is 28.0 Å². The number of phenols is 1. The maximum atomic E-state index is 13.3. The average Bonchev–Trinajstić information content (AvgIpc) is 3.64. The highest BCUT2D eigenvalue weighted by atomic mass is 32.2. The van der Waals surface area contributed by atoms with Crippen LogP contribution < -0.4 is 9.64 Å². The number of hydrogen-bond acceptors (Lipinski definition) is 10. The van der Waals surface area contributed by atoms with E-state index in [9.17, 15) is 19.8 Å². The summed E-state index contributed by atoms with van der Waals surface area (Å²) in [6, 6.07) is 16.2. The van der Waals surface area contributed by atoms with Crippen molar-refractivity contribution in [2.75, 3.05) is 12.0 Å². The van der Waals surface area contributed by atoms with Gasteiger partial charge in [-0.1, -0.05) is 59.5 Å². The van der Waals surface area contributed by atoms with E-state index >= 15 is 0 Å². The second kappa shape index (κ2) is 9.88. The van der Waals surface area contributed by atoms with E-state index in [1.807, 2.05) is 30.3 Å². The molecular weight excluding hydrogens is 502 g/mol. The van der Waals surface area contributed by atoms with E-state index in [4.69, 9.17) is 9.15 Å². The highest BCUT2D eigenvalue weighted by Gasteiger charge is 2.47. The van der Waals surface area contributed by atoms with Gasteiger partial charge in [0.15, 0.2) is 27.4 Å². The summed E-state index contributed by atoms with van der Waals surface area (Å²) in [6.07, 6.45) is 1.33. The van der Waals surface area contributed by atoms with Crippen molar-refractivity contribution in [2.45, 2.75) is 16.1 Å². The van der Waals surface area contributed by atoms with Crippen LogP contribution in [0, 0.1) is 0 Å². The summed E-state index contributed by atoms with van der Waals surface area (Å²) in [7, 11) is 1.39. The molecule has 2 N–H and O–H groups in total. The lowest BCUT2D eigenvalue weighted by atomic mass is 9.95. The van der Waals surface area contributed by atoms with Gasteiger partial charge in [-0.25, -0.2) is 0 Å². The van der Waals surface area contributed by atoms with E-state index in [0.29, 0.717) is 15.7 Å². The molecule has 0 radical (unpaired) electrons. The minimum absolute atomic E-state index is 0.0293. The number of aromatic nitrogens is 2. The number of aliphatic hydroxyl groups is 1. The number of Topliss-reactive ketones (excluding diaryl/α,β-unsaturated/α-hetero) is 1. The number of thioether (sulfide) groups is 1. The molecule has 36 heavy (non-hydrogen) atoms. The molecule has 0 bridgehead atoms. The number of hydrogen-bond donors (Lipinski definition) is 2.